The second-order valence-corrected chi connectivity index (χ2v) is 13.4. The molecule has 3 aromatic rings. The van der Waals surface area contributed by atoms with Crippen LogP contribution in [0.5, 0.6) is 17.2 Å². The molecule has 47 heavy (non-hydrogen) atoms. The number of aryl methyl sites for hydroxylation is 2. The van der Waals surface area contributed by atoms with E-state index in [0.717, 1.165) is 42.4 Å². The molecule has 0 heterocycles. The van der Waals surface area contributed by atoms with E-state index in [1.807, 2.05) is 0 Å². The van der Waals surface area contributed by atoms with Crippen LogP contribution in [0.3, 0.4) is 0 Å². The Labute approximate surface area is 279 Å². The monoisotopic (exact) mass is 663 g/mol. The van der Waals surface area contributed by atoms with E-state index in [1.165, 1.54) is 82.1 Å². The SMILES string of the molecule is CCCCCCCCCCCCc1cc(CCNC(=O)Nc2ccc(Oc3ccc(S(=O)(=O)N=[N+]=[N-])cc3)cc2)cc(CCC)c1O. The number of unbranched alkanes of at least 4 members (excludes halogenated alkanes) is 9. The number of carbonyl (C=O) groups excluding carboxylic acids is 1. The lowest BCUT2D eigenvalue weighted by molar-refractivity contribution is 0.252. The predicted molar refractivity (Wildman–Crippen MR) is 188 cm³/mol. The van der Waals surface area contributed by atoms with Crippen molar-refractivity contribution in [2.45, 2.75) is 109 Å². The van der Waals surface area contributed by atoms with Crippen molar-refractivity contribution in [1.29, 1.82) is 0 Å². The Morgan fingerprint density at radius 3 is 1.91 bits per heavy atom. The number of hydrogen-bond acceptors (Lipinski definition) is 5. The van der Waals surface area contributed by atoms with Crippen molar-refractivity contribution in [2.24, 2.45) is 4.52 Å². The second-order valence-electron chi connectivity index (χ2n) is 11.8. The summed E-state index contributed by atoms with van der Waals surface area (Å²) in [6.07, 6.45) is 16.1. The second kappa shape index (κ2) is 20.1. The van der Waals surface area contributed by atoms with E-state index in [-0.39, 0.29) is 10.9 Å². The quantitative estimate of drug-likeness (QED) is 0.0448. The molecule has 0 fully saturated rings. The van der Waals surface area contributed by atoms with Gasteiger partial charge >= 0.3 is 6.03 Å². The fourth-order valence-electron chi connectivity index (χ4n) is 5.44. The Hall–Kier alpha value is -4.21. The summed E-state index contributed by atoms with van der Waals surface area (Å²) in [7, 11) is -4.06. The third-order valence-corrected chi connectivity index (χ3v) is 9.12. The fraction of sp³-hybridized carbons (Fsp3) is 0.472. The molecular formula is C36H49N5O5S. The molecule has 11 heteroatoms. The molecule has 0 bridgehead atoms. The number of phenolic OH excluding ortho intramolecular Hbond substituents is 1. The van der Waals surface area contributed by atoms with Crippen LogP contribution >= 0.6 is 0 Å². The third kappa shape index (κ3) is 13.2. The van der Waals surface area contributed by atoms with Crippen LogP contribution in [0.25, 0.3) is 10.4 Å². The lowest BCUT2D eigenvalue weighted by Gasteiger charge is -2.14. The van der Waals surface area contributed by atoms with E-state index in [1.54, 1.807) is 24.3 Å². The summed E-state index contributed by atoms with van der Waals surface area (Å²) >= 11 is 0. The first-order valence-corrected chi connectivity index (χ1v) is 18.3. The van der Waals surface area contributed by atoms with Gasteiger partial charge in [-0.3, -0.25) is 0 Å². The normalized spacial score (nSPS) is 11.1. The molecule has 0 aliphatic heterocycles. The van der Waals surface area contributed by atoms with Crippen molar-refractivity contribution in [3.05, 3.63) is 87.8 Å². The standard InChI is InChI=1S/C36H49N5O5S/c1-3-5-6-7-8-9-10-11-12-13-15-30-27-28(26-29(14-4-2)35(30)42)24-25-38-36(43)39-31-16-18-32(19-17-31)46-33-20-22-34(23-21-33)47(44,45)41-40-37/h16-23,26-27,42H,3-15,24-25H2,1-2H3,(H2,38,39,43). The van der Waals surface area contributed by atoms with E-state index in [0.29, 0.717) is 35.9 Å². The zero-order chi connectivity index (χ0) is 33.9. The summed E-state index contributed by atoms with van der Waals surface area (Å²) in [5.41, 5.74) is 12.1. The number of nitrogens with one attached hydrogen (secondary N) is 2. The molecule has 0 aliphatic rings. The third-order valence-electron chi connectivity index (χ3n) is 7.96. The minimum Gasteiger partial charge on any atom is -0.507 e. The van der Waals surface area contributed by atoms with Crippen molar-refractivity contribution in [3.63, 3.8) is 0 Å². The fourth-order valence-corrected chi connectivity index (χ4v) is 6.11. The van der Waals surface area contributed by atoms with Crippen LogP contribution in [-0.4, -0.2) is 26.1 Å². The molecule has 3 rings (SSSR count). The predicted octanol–water partition coefficient (Wildman–Crippen LogP) is 9.96. The number of nitrogens with zero attached hydrogens (tertiary/aromatic N) is 3. The number of carbonyl (C=O) groups is 1. The van der Waals surface area contributed by atoms with Gasteiger partial charge in [0.15, 0.2) is 0 Å². The largest absolute Gasteiger partial charge is 0.507 e. The molecule has 2 amide bonds. The van der Waals surface area contributed by atoms with Gasteiger partial charge < -0.3 is 20.5 Å². The van der Waals surface area contributed by atoms with Gasteiger partial charge in [0.05, 0.1) is 4.90 Å². The van der Waals surface area contributed by atoms with Gasteiger partial charge in [-0.2, -0.15) is 0 Å². The number of amides is 2. The first kappa shape index (κ1) is 37.2. The molecule has 0 radical (unpaired) electrons. The average Bonchev–Trinajstić information content (AvgIpc) is 3.05. The lowest BCUT2D eigenvalue weighted by atomic mass is 9.95. The van der Waals surface area contributed by atoms with Crippen LogP contribution in [0.2, 0.25) is 0 Å². The lowest BCUT2D eigenvalue weighted by Crippen LogP contribution is -2.30. The van der Waals surface area contributed by atoms with Gasteiger partial charge in [-0.1, -0.05) is 90.2 Å². The Kier molecular flexibility index (Phi) is 15.9. The van der Waals surface area contributed by atoms with Crippen molar-refractivity contribution in [3.8, 4) is 17.2 Å². The number of aromatic hydroxyl groups is 1. The molecule has 0 spiro atoms. The molecule has 254 valence electrons. The number of azide groups is 1. The maximum atomic E-state index is 12.6. The smallest absolute Gasteiger partial charge is 0.319 e. The van der Waals surface area contributed by atoms with Crippen LogP contribution in [0.1, 0.15) is 101 Å². The maximum Gasteiger partial charge on any atom is 0.319 e. The molecule has 0 aromatic heterocycles. The Morgan fingerprint density at radius 2 is 1.34 bits per heavy atom. The minimum atomic E-state index is -4.06. The molecule has 0 saturated carbocycles. The molecular weight excluding hydrogens is 614 g/mol. The number of anilines is 1. The van der Waals surface area contributed by atoms with Crippen molar-refractivity contribution in [1.82, 2.24) is 5.32 Å². The Bertz CT molecular complexity index is 1550. The molecule has 0 unspecified atom stereocenters. The van der Waals surface area contributed by atoms with E-state index in [4.69, 9.17) is 10.3 Å². The maximum absolute atomic E-state index is 12.6. The van der Waals surface area contributed by atoms with Gasteiger partial charge in [0.1, 0.15) is 17.2 Å². The summed E-state index contributed by atoms with van der Waals surface area (Å²) in [6, 6.07) is 16.1. The van der Waals surface area contributed by atoms with Gasteiger partial charge in [-0.15, -0.1) is 0 Å². The zero-order valence-corrected chi connectivity index (χ0v) is 28.5. The first-order chi connectivity index (χ1) is 22.7. The van der Waals surface area contributed by atoms with Crippen LogP contribution in [0.15, 0.2) is 70.1 Å². The van der Waals surface area contributed by atoms with Gasteiger partial charge in [-0.05, 0) is 96.4 Å². The highest BCUT2D eigenvalue weighted by Gasteiger charge is 2.13. The van der Waals surface area contributed by atoms with Crippen LogP contribution in [0.4, 0.5) is 10.5 Å². The van der Waals surface area contributed by atoms with Crippen molar-refractivity contribution >= 4 is 21.7 Å². The summed E-state index contributed by atoms with van der Waals surface area (Å²) < 4.78 is 32.2. The van der Waals surface area contributed by atoms with Crippen LogP contribution in [0, 0.1) is 0 Å². The summed E-state index contributed by atoms with van der Waals surface area (Å²) in [4.78, 5) is 14.8. The highest BCUT2D eigenvalue weighted by atomic mass is 32.2. The molecule has 0 saturated heterocycles. The van der Waals surface area contributed by atoms with Gasteiger partial charge in [0.25, 0.3) is 10.0 Å². The number of hydrogen-bond donors (Lipinski definition) is 3. The zero-order valence-electron chi connectivity index (χ0n) is 27.7. The highest BCUT2D eigenvalue weighted by molar-refractivity contribution is 7.90. The molecule has 0 atom stereocenters. The minimum absolute atomic E-state index is 0.134. The Morgan fingerprint density at radius 1 is 0.787 bits per heavy atom. The van der Waals surface area contributed by atoms with E-state index in [2.05, 4.69) is 46.0 Å². The number of rotatable bonds is 21. The van der Waals surface area contributed by atoms with E-state index < -0.39 is 10.0 Å². The van der Waals surface area contributed by atoms with Gasteiger partial charge in [-0.25, -0.2) is 13.2 Å². The van der Waals surface area contributed by atoms with Crippen LogP contribution < -0.4 is 15.4 Å². The highest BCUT2D eigenvalue weighted by Crippen LogP contribution is 2.28. The number of phenols is 1. The summed E-state index contributed by atoms with van der Waals surface area (Å²) in [6.45, 7) is 4.81. The number of urea groups is 1. The van der Waals surface area contributed by atoms with E-state index in [9.17, 15) is 18.3 Å². The first-order valence-electron chi connectivity index (χ1n) is 16.8. The number of benzene rings is 3. The summed E-state index contributed by atoms with van der Waals surface area (Å²) in [5.74, 6) is 1.32. The number of sulfonamides is 1. The van der Waals surface area contributed by atoms with Crippen molar-refractivity contribution < 1.29 is 23.1 Å². The average molecular weight is 664 g/mol. The van der Waals surface area contributed by atoms with Crippen molar-refractivity contribution in [2.75, 3.05) is 11.9 Å². The molecule has 0 aliphatic carbocycles. The van der Waals surface area contributed by atoms with E-state index >= 15 is 0 Å². The number of ether oxygens (including phenoxy) is 1. The molecule has 3 aromatic carbocycles. The molecule has 10 nitrogen and oxygen atoms in total. The topological polar surface area (TPSA) is 153 Å². The van der Waals surface area contributed by atoms with Gasteiger partial charge in [0, 0.05) is 21.7 Å². The summed E-state index contributed by atoms with van der Waals surface area (Å²) in [5, 5.41) is 16.6. The Balaban J connectivity index is 1.44. The molecule has 3 N–H and O–H groups in total. The van der Waals surface area contributed by atoms with Crippen LogP contribution in [-0.2, 0) is 29.3 Å². The van der Waals surface area contributed by atoms with Gasteiger partial charge in [0.2, 0.25) is 0 Å².